The number of nitrogens with one attached hydrogen (secondary N) is 1. The average molecular weight is 315 g/mol. The molecule has 2 heterocycles. The number of rotatable bonds is 3. The Bertz CT molecular complexity index is 531. The molecule has 1 aliphatic rings. The number of aromatic nitrogens is 1. The van der Waals surface area contributed by atoms with Crippen LogP contribution in [0.4, 0.5) is 19.0 Å². The van der Waals surface area contributed by atoms with Gasteiger partial charge in [0, 0.05) is 31.2 Å². The van der Waals surface area contributed by atoms with Crippen molar-refractivity contribution in [3.05, 3.63) is 23.9 Å². The van der Waals surface area contributed by atoms with Gasteiger partial charge in [0.15, 0.2) is 0 Å². The Morgan fingerprint density at radius 3 is 2.82 bits per heavy atom. The molecule has 122 valence electrons. The second-order valence-electron chi connectivity index (χ2n) is 5.85. The quantitative estimate of drug-likeness (QED) is 0.933. The summed E-state index contributed by atoms with van der Waals surface area (Å²) in [5, 5.41) is 2.93. The van der Waals surface area contributed by atoms with Crippen LogP contribution in [-0.4, -0.2) is 30.0 Å². The zero-order valence-corrected chi connectivity index (χ0v) is 12.7. The van der Waals surface area contributed by atoms with E-state index in [0.29, 0.717) is 18.9 Å². The summed E-state index contributed by atoms with van der Waals surface area (Å²) < 4.78 is 38.3. The fourth-order valence-electron chi connectivity index (χ4n) is 2.44. The minimum absolute atomic E-state index is 0.0381. The molecule has 1 saturated heterocycles. The second kappa shape index (κ2) is 6.54. The molecule has 1 aliphatic heterocycles. The van der Waals surface area contributed by atoms with Crippen LogP contribution >= 0.6 is 0 Å². The maximum Gasteiger partial charge on any atom is 0.416 e. The van der Waals surface area contributed by atoms with Crippen molar-refractivity contribution in [2.75, 3.05) is 18.0 Å². The van der Waals surface area contributed by atoms with Crippen molar-refractivity contribution in [1.29, 1.82) is 0 Å². The van der Waals surface area contributed by atoms with E-state index in [2.05, 4.69) is 10.3 Å². The van der Waals surface area contributed by atoms with Crippen LogP contribution in [0.15, 0.2) is 18.3 Å². The number of anilines is 1. The zero-order valence-electron chi connectivity index (χ0n) is 12.7. The second-order valence-corrected chi connectivity index (χ2v) is 5.85. The maximum absolute atomic E-state index is 12.8. The van der Waals surface area contributed by atoms with Crippen LogP contribution in [0.1, 0.15) is 32.3 Å². The molecule has 4 nitrogen and oxygen atoms in total. The van der Waals surface area contributed by atoms with Gasteiger partial charge in [-0.3, -0.25) is 4.79 Å². The van der Waals surface area contributed by atoms with Crippen molar-refractivity contribution >= 4 is 11.7 Å². The Labute approximate surface area is 127 Å². The van der Waals surface area contributed by atoms with Gasteiger partial charge in [-0.05, 0) is 25.0 Å². The molecule has 0 bridgehead atoms. The summed E-state index contributed by atoms with van der Waals surface area (Å²) in [6, 6.07) is 1.97. The summed E-state index contributed by atoms with van der Waals surface area (Å²) in [6.45, 7) is 4.74. The van der Waals surface area contributed by atoms with Crippen LogP contribution in [0.2, 0.25) is 0 Å². The highest BCUT2D eigenvalue weighted by molar-refractivity contribution is 5.78. The highest BCUT2D eigenvalue weighted by atomic mass is 19.4. The van der Waals surface area contributed by atoms with Gasteiger partial charge < -0.3 is 10.2 Å². The number of carbonyl (C=O) groups excluding carboxylic acids is 1. The Kier molecular flexibility index (Phi) is 4.93. The highest BCUT2D eigenvalue weighted by Crippen LogP contribution is 2.31. The number of hydrogen-bond donors (Lipinski definition) is 1. The lowest BCUT2D eigenvalue weighted by molar-refractivity contribution is -0.137. The first-order chi connectivity index (χ1) is 10.3. The molecule has 22 heavy (non-hydrogen) atoms. The molecule has 1 amide bonds. The molecule has 1 unspecified atom stereocenters. The standard InChI is InChI=1S/C15H20F3N3O/c1-10(2)14(22)20-12-4-3-7-21(9-12)13-8-11(5-6-19-13)15(16,17)18/h5-6,8,10,12H,3-4,7,9H2,1-2H3,(H,20,22). The predicted molar refractivity (Wildman–Crippen MR) is 77.5 cm³/mol. The summed E-state index contributed by atoms with van der Waals surface area (Å²) in [6.07, 6.45) is -1.57. The Morgan fingerprint density at radius 1 is 1.45 bits per heavy atom. The van der Waals surface area contributed by atoms with Gasteiger partial charge in [-0.15, -0.1) is 0 Å². The molecule has 1 aromatic rings. The van der Waals surface area contributed by atoms with Crippen molar-refractivity contribution in [1.82, 2.24) is 10.3 Å². The first-order valence-electron chi connectivity index (χ1n) is 7.36. The van der Waals surface area contributed by atoms with Crippen LogP contribution in [-0.2, 0) is 11.0 Å². The largest absolute Gasteiger partial charge is 0.416 e. The lowest BCUT2D eigenvalue weighted by atomic mass is 10.0. The van der Waals surface area contributed by atoms with Crippen molar-refractivity contribution in [3.8, 4) is 0 Å². The summed E-state index contributed by atoms with van der Waals surface area (Å²) in [5.41, 5.74) is -0.703. The Balaban J connectivity index is 2.08. The van der Waals surface area contributed by atoms with Gasteiger partial charge in [-0.25, -0.2) is 4.98 Å². The van der Waals surface area contributed by atoms with E-state index in [0.717, 1.165) is 25.0 Å². The maximum atomic E-state index is 12.8. The molecule has 0 aromatic carbocycles. The van der Waals surface area contributed by atoms with Gasteiger partial charge in [-0.2, -0.15) is 13.2 Å². The van der Waals surface area contributed by atoms with E-state index >= 15 is 0 Å². The van der Waals surface area contributed by atoms with Gasteiger partial charge in [0.1, 0.15) is 5.82 Å². The van der Waals surface area contributed by atoms with E-state index in [1.54, 1.807) is 4.90 Å². The molecule has 1 aromatic heterocycles. The van der Waals surface area contributed by atoms with E-state index in [9.17, 15) is 18.0 Å². The molecular formula is C15H20F3N3O. The topological polar surface area (TPSA) is 45.2 Å². The fraction of sp³-hybridized carbons (Fsp3) is 0.600. The van der Waals surface area contributed by atoms with E-state index in [1.807, 2.05) is 13.8 Å². The third-order valence-corrected chi connectivity index (χ3v) is 3.69. The van der Waals surface area contributed by atoms with Crippen molar-refractivity contribution < 1.29 is 18.0 Å². The molecular weight excluding hydrogens is 295 g/mol. The molecule has 2 rings (SSSR count). The molecule has 0 aliphatic carbocycles. The van der Waals surface area contributed by atoms with E-state index in [1.165, 1.54) is 6.20 Å². The van der Waals surface area contributed by atoms with Crippen LogP contribution in [0.3, 0.4) is 0 Å². The highest BCUT2D eigenvalue weighted by Gasteiger charge is 2.32. The summed E-state index contributed by atoms with van der Waals surface area (Å²) in [4.78, 5) is 17.6. The number of carbonyl (C=O) groups is 1. The van der Waals surface area contributed by atoms with Crippen molar-refractivity contribution in [3.63, 3.8) is 0 Å². The molecule has 1 fully saturated rings. The lowest BCUT2D eigenvalue weighted by Gasteiger charge is -2.34. The number of halogens is 3. The molecule has 7 heteroatoms. The van der Waals surface area contributed by atoms with Crippen LogP contribution in [0.5, 0.6) is 0 Å². The van der Waals surface area contributed by atoms with Crippen LogP contribution in [0.25, 0.3) is 0 Å². The third kappa shape index (κ3) is 4.11. The van der Waals surface area contributed by atoms with Gasteiger partial charge in [0.2, 0.25) is 5.91 Å². The van der Waals surface area contributed by atoms with Gasteiger partial charge in [0.25, 0.3) is 0 Å². The third-order valence-electron chi connectivity index (χ3n) is 3.69. The molecule has 0 radical (unpaired) electrons. The zero-order chi connectivity index (χ0) is 16.3. The number of hydrogen-bond acceptors (Lipinski definition) is 3. The SMILES string of the molecule is CC(C)C(=O)NC1CCCN(c2cc(C(F)(F)F)ccn2)C1. The fourth-order valence-corrected chi connectivity index (χ4v) is 2.44. The molecule has 0 saturated carbocycles. The van der Waals surface area contributed by atoms with Crippen LogP contribution in [0, 0.1) is 5.92 Å². The lowest BCUT2D eigenvalue weighted by Crippen LogP contribution is -2.49. The van der Waals surface area contributed by atoms with Gasteiger partial charge in [0.05, 0.1) is 5.56 Å². The Morgan fingerprint density at radius 2 is 2.18 bits per heavy atom. The molecule has 0 spiro atoms. The predicted octanol–water partition coefficient (Wildman–Crippen LogP) is 2.84. The number of nitrogens with zero attached hydrogens (tertiary/aromatic N) is 2. The number of amides is 1. The minimum Gasteiger partial charge on any atom is -0.355 e. The van der Waals surface area contributed by atoms with E-state index < -0.39 is 11.7 Å². The smallest absolute Gasteiger partial charge is 0.355 e. The average Bonchev–Trinajstić information content (AvgIpc) is 2.46. The van der Waals surface area contributed by atoms with Crippen molar-refractivity contribution in [2.24, 2.45) is 5.92 Å². The van der Waals surface area contributed by atoms with Gasteiger partial charge in [-0.1, -0.05) is 13.8 Å². The van der Waals surface area contributed by atoms with E-state index in [-0.39, 0.29) is 17.9 Å². The molecule has 1 atom stereocenters. The van der Waals surface area contributed by atoms with Crippen LogP contribution < -0.4 is 10.2 Å². The summed E-state index contributed by atoms with van der Waals surface area (Å²) in [5.74, 6) is 0.157. The minimum atomic E-state index is -4.38. The van der Waals surface area contributed by atoms with Gasteiger partial charge >= 0.3 is 6.18 Å². The Hall–Kier alpha value is -1.79. The molecule has 1 N–H and O–H groups in total. The number of alkyl halides is 3. The van der Waals surface area contributed by atoms with E-state index in [4.69, 9.17) is 0 Å². The summed E-state index contributed by atoms with van der Waals surface area (Å²) >= 11 is 0. The monoisotopic (exact) mass is 315 g/mol. The number of pyridine rings is 1. The number of piperidine rings is 1. The summed E-state index contributed by atoms with van der Waals surface area (Å²) in [7, 11) is 0. The normalized spacial score (nSPS) is 19.4. The first kappa shape index (κ1) is 16.6. The first-order valence-corrected chi connectivity index (χ1v) is 7.36. The van der Waals surface area contributed by atoms with Crippen molar-refractivity contribution in [2.45, 2.75) is 38.9 Å².